The molecule has 2 amide bonds. The molecule has 0 saturated carbocycles. The van der Waals surface area contributed by atoms with Crippen LogP contribution in [0.5, 0.6) is 0 Å². The number of rotatable bonds is 6. The first kappa shape index (κ1) is 20.2. The topological polar surface area (TPSA) is 62.3 Å². The van der Waals surface area contributed by atoms with Crippen molar-refractivity contribution in [1.29, 1.82) is 0 Å². The number of thiazole rings is 1. The molecule has 8 heteroatoms. The van der Waals surface area contributed by atoms with Crippen molar-refractivity contribution in [2.24, 2.45) is 0 Å². The summed E-state index contributed by atoms with van der Waals surface area (Å²) in [5.74, 6) is 1.03. The summed E-state index contributed by atoms with van der Waals surface area (Å²) in [6.45, 7) is 3.99. The highest BCUT2D eigenvalue weighted by Crippen LogP contribution is 2.30. The van der Waals surface area contributed by atoms with Gasteiger partial charge >= 0.3 is 0 Å². The first-order valence-corrected chi connectivity index (χ1v) is 11.3. The lowest BCUT2D eigenvalue weighted by atomic mass is 10.2. The average Bonchev–Trinajstić information content (AvgIpc) is 3.31. The van der Waals surface area contributed by atoms with Crippen LogP contribution in [0.2, 0.25) is 5.02 Å². The minimum Gasteiger partial charge on any atom is -0.352 e. The smallest absolute Gasteiger partial charge is 0.243 e. The second-order valence-corrected chi connectivity index (χ2v) is 8.76. The Hall–Kier alpha value is -1.57. The van der Waals surface area contributed by atoms with Gasteiger partial charge in [-0.2, -0.15) is 0 Å². The van der Waals surface area contributed by atoms with Crippen LogP contribution in [0.3, 0.4) is 0 Å². The molecule has 3 rings (SSSR count). The van der Waals surface area contributed by atoms with Gasteiger partial charge in [-0.1, -0.05) is 36.7 Å². The zero-order valence-corrected chi connectivity index (χ0v) is 17.7. The van der Waals surface area contributed by atoms with E-state index in [2.05, 4.69) is 10.3 Å². The fraction of sp³-hybridized carbons (Fsp3) is 0.421. The van der Waals surface area contributed by atoms with Gasteiger partial charge in [0.05, 0.1) is 23.0 Å². The highest BCUT2D eigenvalue weighted by Gasteiger charge is 2.35. The standard InChI is InChI=1S/C19H22ClN3O2S2/c1-3-12(2)21-18(25)16-10-26-11-23(16)17(24)8-13-9-27-19(22-13)14-6-4-5-7-15(14)20/h4-7,9,12,16H,3,8,10-11H2,1-2H3,(H,21,25). The number of benzene rings is 1. The second-order valence-electron chi connectivity index (χ2n) is 6.50. The van der Waals surface area contributed by atoms with E-state index in [-0.39, 0.29) is 24.3 Å². The molecular weight excluding hydrogens is 402 g/mol. The van der Waals surface area contributed by atoms with Crippen LogP contribution >= 0.6 is 34.7 Å². The van der Waals surface area contributed by atoms with Crippen LogP contribution in [0.25, 0.3) is 10.6 Å². The number of thioether (sulfide) groups is 1. The van der Waals surface area contributed by atoms with E-state index < -0.39 is 6.04 Å². The van der Waals surface area contributed by atoms with E-state index in [0.29, 0.717) is 22.3 Å². The summed E-state index contributed by atoms with van der Waals surface area (Å²) < 4.78 is 0. The van der Waals surface area contributed by atoms with Crippen molar-refractivity contribution in [2.75, 3.05) is 11.6 Å². The van der Waals surface area contributed by atoms with Crippen molar-refractivity contribution in [3.63, 3.8) is 0 Å². The largest absolute Gasteiger partial charge is 0.352 e. The molecule has 0 aliphatic carbocycles. The molecule has 0 spiro atoms. The molecule has 1 N–H and O–H groups in total. The van der Waals surface area contributed by atoms with Gasteiger partial charge in [0.25, 0.3) is 0 Å². The lowest BCUT2D eigenvalue weighted by molar-refractivity contribution is -0.137. The molecule has 1 aromatic heterocycles. The minimum atomic E-state index is -0.404. The Kier molecular flexibility index (Phi) is 6.78. The van der Waals surface area contributed by atoms with Crippen molar-refractivity contribution in [1.82, 2.24) is 15.2 Å². The number of carbonyl (C=O) groups is 2. The fourth-order valence-corrected chi connectivity index (χ4v) is 5.07. The number of amides is 2. The molecule has 1 fully saturated rings. The number of hydrogen-bond acceptors (Lipinski definition) is 5. The fourth-order valence-electron chi connectivity index (χ4n) is 2.75. The van der Waals surface area contributed by atoms with E-state index in [1.54, 1.807) is 16.7 Å². The molecule has 2 aromatic rings. The van der Waals surface area contributed by atoms with Crippen LogP contribution in [0.1, 0.15) is 26.0 Å². The van der Waals surface area contributed by atoms with Gasteiger partial charge in [0.1, 0.15) is 11.0 Å². The number of halogens is 1. The molecule has 2 atom stereocenters. The van der Waals surface area contributed by atoms with Crippen molar-refractivity contribution in [3.8, 4) is 10.6 Å². The predicted molar refractivity (Wildman–Crippen MR) is 112 cm³/mol. The van der Waals surface area contributed by atoms with Crippen LogP contribution in [-0.4, -0.2) is 45.4 Å². The summed E-state index contributed by atoms with van der Waals surface area (Å²) in [4.78, 5) is 31.5. The Bertz CT molecular complexity index is 827. The van der Waals surface area contributed by atoms with Gasteiger partial charge in [-0.15, -0.1) is 23.1 Å². The van der Waals surface area contributed by atoms with Gasteiger partial charge in [0, 0.05) is 22.7 Å². The molecule has 5 nitrogen and oxygen atoms in total. The number of hydrogen-bond donors (Lipinski definition) is 1. The Morgan fingerprint density at radius 3 is 2.93 bits per heavy atom. The van der Waals surface area contributed by atoms with Gasteiger partial charge in [-0.3, -0.25) is 9.59 Å². The SMILES string of the molecule is CCC(C)NC(=O)C1CSCN1C(=O)Cc1csc(-c2ccccc2Cl)n1. The van der Waals surface area contributed by atoms with Crippen LogP contribution in [-0.2, 0) is 16.0 Å². The summed E-state index contributed by atoms with van der Waals surface area (Å²) in [6.07, 6.45) is 1.05. The zero-order chi connectivity index (χ0) is 19.4. The van der Waals surface area contributed by atoms with Crippen molar-refractivity contribution in [2.45, 2.75) is 38.8 Å². The maximum absolute atomic E-state index is 12.8. The molecule has 144 valence electrons. The van der Waals surface area contributed by atoms with Crippen LogP contribution in [0.15, 0.2) is 29.6 Å². The lowest BCUT2D eigenvalue weighted by Gasteiger charge is -2.24. The molecule has 1 aliphatic heterocycles. The highest BCUT2D eigenvalue weighted by molar-refractivity contribution is 7.99. The number of aromatic nitrogens is 1. The molecule has 2 unspecified atom stereocenters. The molecule has 0 radical (unpaired) electrons. The summed E-state index contributed by atoms with van der Waals surface area (Å²) >= 11 is 9.30. The summed E-state index contributed by atoms with van der Waals surface area (Å²) in [6, 6.07) is 7.23. The normalized spacial score (nSPS) is 17.7. The lowest BCUT2D eigenvalue weighted by Crippen LogP contribution is -2.49. The Morgan fingerprint density at radius 2 is 2.19 bits per heavy atom. The Balaban J connectivity index is 1.66. The Morgan fingerprint density at radius 1 is 1.41 bits per heavy atom. The number of carbonyl (C=O) groups excluding carboxylic acids is 2. The van der Waals surface area contributed by atoms with Crippen molar-refractivity contribution >= 4 is 46.5 Å². The average molecular weight is 424 g/mol. The van der Waals surface area contributed by atoms with E-state index in [9.17, 15) is 9.59 Å². The summed E-state index contributed by atoms with van der Waals surface area (Å²) in [5.41, 5.74) is 1.57. The first-order chi connectivity index (χ1) is 13.0. The molecule has 27 heavy (non-hydrogen) atoms. The first-order valence-electron chi connectivity index (χ1n) is 8.86. The van der Waals surface area contributed by atoms with Crippen molar-refractivity contribution < 1.29 is 9.59 Å². The third-order valence-corrected chi connectivity index (χ3v) is 6.76. The zero-order valence-electron chi connectivity index (χ0n) is 15.3. The van der Waals surface area contributed by atoms with Gasteiger partial charge in [0.15, 0.2) is 0 Å². The van der Waals surface area contributed by atoms with Crippen LogP contribution < -0.4 is 5.32 Å². The Labute approximate surface area is 172 Å². The predicted octanol–water partition coefficient (Wildman–Crippen LogP) is 3.82. The van der Waals surface area contributed by atoms with Crippen LogP contribution in [0, 0.1) is 0 Å². The van der Waals surface area contributed by atoms with Gasteiger partial charge in [0.2, 0.25) is 11.8 Å². The van der Waals surface area contributed by atoms with E-state index in [4.69, 9.17) is 11.6 Å². The maximum Gasteiger partial charge on any atom is 0.243 e. The molecular formula is C19H22ClN3O2S2. The molecule has 2 heterocycles. The summed E-state index contributed by atoms with van der Waals surface area (Å²) in [5, 5.41) is 6.30. The quantitative estimate of drug-likeness (QED) is 0.767. The molecule has 1 aliphatic rings. The monoisotopic (exact) mass is 423 g/mol. The number of nitrogens with one attached hydrogen (secondary N) is 1. The van der Waals surface area contributed by atoms with Gasteiger partial charge in [-0.05, 0) is 19.4 Å². The second kappa shape index (κ2) is 9.08. The van der Waals surface area contributed by atoms with Crippen molar-refractivity contribution in [3.05, 3.63) is 40.4 Å². The van der Waals surface area contributed by atoms with E-state index >= 15 is 0 Å². The van der Waals surface area contributed by atoms with E-state index in [1.165, 1.54) is 11.3 Å². The van der Waals surface area contributed by atoms with Gasteiger partial charge < -0.3 is 10.2 Å². The maximum atomic E-state index is 12.8. The van der Waals surface area contributed by atoms with Crippen LogP contribution in [0.4, 0.5) is 0 Å². The van der Waals surface area contributed by atoms with E-state index in [0.717, 1.165) is 17.0 Å². The van der Waals surface area contributed by atoms with Gasteiger partial charge in [-0.25, -0.2) is 4.98 Å². The van der Waals surface area contributed by atoms with E-state index in [1.807, 2.05) is 43.5 Å². The molecule has 1 saturated heterocycles. The third-order valence-electron chi connectivity index (χ3n) is 4.49. The summed E-state index contributed by atoms with van der Waals surface area (Å²) in [7, 11) is 0. The molecule has 0 bridgehead atoms. The third kappa shape index (κ3) is 4.83. The molecule has 1 aromatic carbocycles. The highest BCUT2D eigenvalue weighted by atomic mass is 35.5. The minimum absolute atomic E-state index is 0.0692. The number of nitrogens with zero attached hydrogens (tertiary/aromatic N) is 2.